The van der Waals surface area contributed by atoms with E-state index < -0.39 is 17.8 Å². The highest BCUT2D eigenvalue weighted by Gasteiger charge is 2.31. The zero-order valence-electron chi connectivity index (χ0n) is 12.9. The first-order valence-corrected chi connectivity index (χ1v) is 8.34. The molecule has 8 heteroatoms. The molecular weight excluding hydrogens is 341 g/mol. The van der Waals surface area contributed by atoms with Gasteiger partial charge in [-0.3, -0.25) is 4.57 Å². The first-order valence-electron chi connectivity index (χ1n) is 7.53. The predicted molar refractivity (Wildman–Crippen MR) is 83.3 cm³/mol. The number of fused-ring (bicyclic) bond motifs is 1. The maximum absolute atomic E-state index is 13.0. The molecule has 0 spiro atoms. The molecule has 4 nitrogen and oxygen atoms in total. The van der Waals surface area contributed by atoms with Gasteiger partial charge < -0.3 is 4.74 Å². The molecule has 1 aromatic carbocycles. The fourth-order valence-corrected chi connectivity index (χ4v) is 3.92. The molecule has 1 aliphatic rings. The van der Waals surface area contributed by atoms with Gasteiger partial charge in [-0.2, -0.15) is 13.2 Å². The van der Waals surface area contributed by atoms with Crippen molar-refractivity contribution < 1.29 is 22.7 Å². The summed E-state index contributed by atoms with van der Waals surface area (Å²) in [6.07, 6.45) is -2.62. The van der Waals surface area contributed by atoms with Crippen LogP contribution in [0.15, 0.2) is 29.3 Å². The van der Waals surface area contributed by atoms with Crippen molar-refractivity contribution in [2.24, 2.45) is 4.99 Å². The van der Waals surface area contributed by atoms with Crippen molar-refractivity contribution in [3.63, 3.8) is 0 Å². The van der Waals surface area contributed by atoms with Crippen LogP contribution in [0.1, 0.15) is 29.5 Å². The lowest BCUT2D eigenvalue weighted by molar-refractivity contribution is -0.137. The Labute approximate surface area is 140 Å². The van der Waals surface area contributed by atoms with Gasteiger partial charge in [-0.25, -0.2) is 4.79 Å². The number of hydrogen-bond donors (Lipinski definition) is 0. The van der Waals surface area contributed by atoms with Gasteiger partial charge in [0.05, 0.1) is 12.2 Å². The molecule has 24 heavy (non-hydrogen) atoms. The second-order valence-electron chi connectivity index (χ2n) is 5.30. The number of benzene rings is 1. The van der Waals surface area contributed by atoms with E-state index in [4.69, 9.17) is 4.74 Å². The lowest BCUT2D eigenvalue weighted by Gasteiger charge is -2.11. The molecule has 0 N–H and O–H groups in total. The molecule has 0 fully saturated rings. The molecule has 0 aliphatic heterocycles. The Morgan fingerprint density at radius 2 is 2.17 bits per heavy atom. The number of alkyl halides is 3. The van der Waals surface area contributed by atoms with Crippen molar-refractivity contribution in [2.45, 2.75) is 32.4 Å². The number of carbonyl (C=O) groups is 1. The lowest BCUT2D eigenvalue weighted by Crippen LogP contribution is -2.18. The zero-order valence-corrected chi connectivity index (χ0v) is 13.7. The summed E-state index contributed by atoms with van der Waals surface area (Å²) in [6.45, 7) is 1.86. The first-order chi connectivity index (χ1) is 11.4. The highest BCUT2D eigenvalue weighted by Crippen LogP contribution is 2.32. The van der Waals surface area contributed by atoms with Crippen LogP contribution in [0, 0.1) is 0 Å². The Bertz CT molecular complexity index is 837. The molecule has 0 bridgehead atoms. The number of halogens is 3. The van der Waals surface area contributed by atoms with Crippen molar-refractivity contribution in [1.82, 2.24) is 4.57 Å². The van der Waals surface area contributed by atoms with Crippen LogP contribution in [-0.2, 0) is 23.8 Å². The van der Waals surface area contributed by atoms with Crippen LogP contribution in [0.4, 0.5) is 18.0 Å². The third-order valence-corrected chi connectivity index (χ3v) is 4.84. The number of hydrogen-bond acceptors (Lipinski definition) is 3. The molecule has 0 saturated heterocycles. The van der Waals surface area contributed by atoms with E-state index in [1.807, 2.05) is 0 Å². The summed E-state index contributed by atoms with van der Waals surface area (Å²) in [5, 5.41) is 0. The summed E-state index contributed by atoms with van der Waals surface area (Å²) in [5.41, 5.74) is 0.544. The smallest absolute Gasteiger partial charge is 0.436 e. The van der Waals surface area contributed by atoms with Crippen molar-refractivity contribution in [3.05, 3.63) is 45.2 Å². The topological polar surface area (TPSA) is 43.6 Å². The molecule has 0 unspecified atom stereocenters. The third-order valence-electron chi connectivity index (χ3n) is 3.70. The van der Waals surface area contributed by atoms with E-state index >= 15 is 0 Å². The Hall–Kier alpha value is -2.09. The Morgan fingerprint density at radius 1 is 1.38 bits per heavy atom. The van der Waals surface area contributed by atoms with Crippen LogP contribution >= 0.6 is 11.3 Å². The summed E-state index contributed by atoms with van der Waals surface area (Å²) < 4.78 is 45.4. The largest absolute Gasteiger partial charge is 0.448 e. The average Bonchev–Trinajstić information content (AvgIpc) is 3.07. The van der Waals surface area contributed by atoms with Gasteiger partial charge >= 0.3 is 12.3 Å². The lowest BCUT2D eigenvalue weighted by atomic mass is 10.2. The van der Waals surface area contributed by atoms with Crippen molar-refractivity contribution in [3.8, 4) is 5.69 Å². The zero-order chi connectivity index (χ0) is 17.3. The molecule has 1 amide bonds. The van der Waals surface area contributed by atoms with Crippen LogP contribution in [0.5, 0.6) is 0 Å². The number of aromatic nitrogens is 1. The number of ether oxygens (including phenoxy) is 1. The Morgan fingerprint density at radius 3 is 2.88 bits per heavy atom. The third kappa shape index (κ3) is 3.24. The van der Waals surface area contributed by atoms with Crippen molar-refractivity contribution >= 4 is 17.4 Å². The number of aryl methyl sites for hydroxylation is 1. The van der Waals surface area contributed by atoms with E-state index in [9.17, 15) is 18.0 Å². The highest BCUT2D eigenvalue weighted by atomic mass is 32.1. The fraction of sp³-hybridized carbons (Fsp3) is 0.375. The number of nitrogens with zero attached hydrogens (tertiary/aromatic N) is 2. The van der Waals surface area contributed by atoms with Gasteiger partial charge in [0.25, 0.3) is 0 Å². The SMILES string of the molecule is CCOC(=O)/N=c1/sc2c(n1-c1cccc(C(F)(F)F)c1)CCC2. The predicted octanol–water partition coefficient (Wildman–Crippen LogP) is 4.10. The molecule has 0 atom stereocenters. The number of rotatable bonds is 2. The van der Waals surface area contributed by atoms with Gasteiger partial charge in [-0.15, -0.1) is 16.3 Å². The van der Waals surface area contributed by atoms with Crippen molar-refractivity contribution in [2.75, 3.05) is 6.61 Å². The van der Waals surface area contributed by atoms with E-state index in [-0.39, 0.29) is 6.61 Å². The van der Waals surface area contributed by atoms with E-state index in [0.29, 0.717) is 10.5 Å². The summed E-state index contributed by atoms with van der Waals surface area (Å²) in [7, 11) is 0. The van der Waals surface area contributed by atoms with Gasteiger partial charge in [0.1, 0.15) is 0 Å². The molecule has 1 aromatic heterocycles. The van der Waals surface area contributed by atoms with E-state index in [1.165, 1.54) is 17.4 Å². The summed E-state index contributed by atoms with van der Waals surface area (Å²) in [4.78, 5) is 17.0. The van der Waals surface area contributed by atoms with Crippen LogP contribution in [0.2, 0.25) is 0 Å². The second-order valence-corrected chi connectivity index (χ2v) is 6.36. The van der Waals surface area contributed by atoms with Gasteiger partial charge in [-0.1, -0.05) is 6.07 Å². The van der Waals surface area contributed by atoms with E-state index in [2.05, 4.69) is 4.99 Å². The molecule has 0 radical (unpaired) electrons. The van der Waals surface area contributed by atoms with Gasteiger partial charge in [0, 0.05) is 16.3 Å². The average molecular weight is 356 g/mol. The standard InChI is InChI=1S/C16H15F3N2O2S/c1-2-23-15(22)20-14-21(12-7-4-8-13(12)24-14)11-6-3-5-10(9-11)16(17,18)19/h3,5-6,9H,2,4,7-8H2,1H3/b20-14+. The molecular formula is C16H15F3N2O2S. The van der Waals surface area contributed by atoms with Gasteiger partial charge in [-0.05, 0) is 44.4 Å². The molecule has 0 saturated carbocycles. The molecule has 3 rings (SSSR count). The minimum absolute atomic E-state index is 0.191. The Balaban J connectivity index is 2.16. The fourth-order valence-electron chi connectivity index (χ4n) is 2.71. The van der Waals surface area contributed by atoms with Crippen LogP contribution in [-0.4, -0.2) is 17.3 Å². The monoisotopic (exact) mass is 356 g/mol. The van der Waals surface area contributed by atoms with Crippen LogP contribution < -0.4 is 4.80 Å². The molecule has 2 aromatic rings. The van der Waals surface area contributed by atoms with Gasteiger partial charge in [0.15, 0.2) is 0 Å². The highest BCUT2D eigenvalue weighted by molar-refractivity contribution is 7.09. The van der Waals surface area contributed by atoms with Gasteiger partial charge in [0.2, 0.25) is 4.80 Å². The van der Waals surface area contributed by atoms with Crippen LogP contribution in [0.3, 0.4) is 0 Å². The maximum atomic E-state index is 13.0. The molecule has 1 heterocycles. The van der Waals surface area contributed by atoms with E-state index in [0.717, 1.165) is 42.0 Å². The minimum Gasteiger partial charge on any atom is -0.448 e. The normalized spacial score (nSPS) is 14.8. The van der Waals surface area contributed by atoms with E-state index in [1.54, 1.807) is 17.6 Å². The number of thiazole rings is 1. The maximum Gasteiger partial charge on any atom is 0.436 e. The molecule has 128 valence electrons. The number of amides is 1. The second kappa shape index (κ2) is 6.43. The number of carbonyl (C=O) groups excluding carboxylic acids is 1. The van der Waals surface area contributed by atoms with Crippen LogP contribution in [0.25, 0.3) is 5.69 Å². The minimum atomic E-state index is -4.42. The first kappa shape index (κ1) is 16.8. The molecule has 1 aliphatic carbocycles. The van der Waals surface area contributed by atoms with Crippen molar-refractivity contribution in [1.29, 1.82) is 0 Å². The Kier molecular flexibility index (Phi) is 4.49. The summed E-state index contributed by atoms with van der Waals surface area (Å²) >= 11 is 1.33. The summed E-state index contributed by atoms with van der Waals surface area (Å²) in [6, 6.07) is 5.05. The summed E-state index contributed by atoms with van der Waals surface area (Å²) in [5.74, 6) is 0. The quantitative estimate of drug-likeness (QED) is 0.813.